The van der Waals surface area contributed by atoms with E-state index in [0.717, 1.165) is 30.3 Å². The van der Waals surface area contributed by atoms with Crippen LogP contribution in [0.3, 0.4) is 0 Å². The Morgan fingerprint density at radius 1 is 0.960 bits per heavy atom. The number of carbonyl (C=O) groups is 1. The Hall–Kier alpha value is -2.63. The standard InChI is InChI=1S/C19H21F2N3O/c20-14-5-10-18(17(21)11-14)24-19(25)23-16-8-6-15(7-9-16)22-12-13-3-1-2-4-13/h5-11,13,22H,1-4,12H2,(H2,23,24,25). The third-order valence-corrected chi connectivity index (χ3v) is 4.39. The lowest BCUT2D eigenvalue weighted by Crippen LogP contribution is -2.20. The zero-order valence-corrected chi connectivity index (χ0v) is 13.8. The molecule has 3 N–H and O–H groups in total. The first-order valence-electron chi connectivity index (χ1n) is 8.47. The summed E-state index contributed by atoms with van der Waals surface area (Å²) >= 11 is 0. The predicted molar refractivity (Wildman–Crippen MR) is 95.9 cm³/mol. The first-order chi connectivity index (χ1) is 12.1. The molecule has 0 spiro atoms. The molecule has 0 bridgehead atoms. The minimum atomic E-state index is -0.818. The lowest BCUT2D eigenvalue weighted by molar-refractivity contribution is 0.262. The van der Waals surface area contributed by atoms with Crippen molar-refractivity contribution in [3.63, 3.8) is 0 Å². The van der Waals surface area contributed by atoms with Crippen molar-refractivity contribution in [2.24, 2.45) is 5.92 Å². The summed E-state index contributed by atoms with van der Waals surface area (Å²) in [6.07, 6.45) is 5.21. The smallest absolute Gasteiger partial charge is 0.323 e. The second kappa shape index (κ2) is 7.96. The average Bonchev–Trinajstić information content (AvgIpc) is 3.10. The summed E-state index contributed by atoms with van der Waals surface area (Å²) in [5.74, 6) is -0.764. The molecule has 0 radical (unpaired) electrons. The molecule has 1 fully saturated rings. The quantitative estimate of drug-likeness (QED) is 0.697. The summed E-state index contributed by atoms with van der Waals surface area (Å²) < 4.78 is 26.4. The van der Waals surface area contributed by atoms with Crippen LogP contribution in [0.1, 0.15) is 25.7 Å². The van der Waals surface area contributed by atoms with Crippen molar-refractivity contribution in [1.82, 2.24) is 0 Å². The average molecular weight is 345 g/mol. The van der Waals surface area contributed by atoms with Crippen LogP contribution in [0.25, 0.3) is 0 Å². The van der Waals surface area contributed by atoms with E-state index in [2.05, 4.69) is 16.0 Å². The Bertz CT molecular complexity index is 728. The van der Waals surface area contributed by atoms with Crippen LogP contribution in [0.2, 0.25) is 0 Å². The molecule has 0 heterocycles. The maximum absolute atomic E-state index is 13.5. The molecule has 2 amide bonds. The Kier molecular flexibility index (Phi) is 5.48. The highest BCUT2D eigenvalue weighted by atomic mass is 19.1. The predicted octanol–water partition coefficient (Wildman–Crippen LogP) is 5.21. The molecule has 1 saturated carbocycles. The highest BCUT2D eigenvalue weighted by Crippen LogP contribution is 2.25. The molecule has 0 aromatic heterocycles. The van der Waals surface area contributed by atoms with Crippen LogP contribution in [0, 0.1) is 17.6 Å². The molecule has 0 atom stereocenters. The van der Waals surface area contributed by atoms with E-state index >= 15 is 0 Å². The molecular formula is C19H21F2N3O. The second-order valence-corrected chi connectivity index (χ2v) is 6.31. The number of rotatable bonds is 5. The van der Waals surface area contributed by atoms with Gasteiger partial charge in [-0.15, -0.1) is 0 Å². The van der Waals surface area contributed by atoms with Crippen LogP contribution in [-0.4, -0.2) is 12.6 Å². The Morgan fingerprint density at radius 2 is 1.64 bits per heavy atom. The highest BCUT2D eigenvalue weighted by molar-refractivity contribution is 5.99. The fraction of sp³-hybridized carbons (Fsp3) is 0.316. The summed E-state index contributed by atoms with van der Waals surface area (Å²) in [6.45, 7) is 0.969. The van der Waals surface area contributed by atoms with E-state index in [-0.39, 0.29) is 5.69 Å². The van der Waals surface area contributed by atoms with Gasteiger partial charge in [0, 0.05) is 24.0 Å². The largest absolute Gasteiger partial charge is 0.385 e. The van der Waals surface area contributed by atoms with Crippen LogP contribution < -0.4 is 16.0 Å². The normalized spacial score (nSPS) is 14.3. The van der Waals surface area contributed by atoms with Gasteiger partial charge in [0.2, 0.25) is 0 Å². The molecule has 2 aromatic rings. The van der Waals surface area contributed by atoms with Crippen molar-refractivity contribution in [3.05, 3.63) is 54.1 Å². The third-order valence-electron chi connectivity index (χ3n) is 4.39. The molecule has 1 aliphatic rings. The minimum Gasteiger partial charge on any atom is -0.385 e. The number of carbonyl (C=O) groups excluding carboxylic acids is 1. The van der Waals surface area contributed by atoms with Crippen molar-refractivity contribution in [2.75, 3.05) is 22.5 Å². The SMILES string of the molecule is O=C(Nc1ccc(NCC2CCCC2)cc1)Nc1ccc(F)cc1F. The summed E-state index contributed by atoms with van der Waals surface area (Å²) in [4.78, 5) is 11.9. The number of anilines is 3. The Morgan fingerprint density at radius 3 is 2.32 bits per heavy atom. The maximum Gasteiger partial charge on any atom is 0.323 e. The molecule has 0 unspecified atom stereocenters. The fourth-order valence-electron chi connectivity index (χ4n) is 3.02. The van der Waals surface area contributed by atoms with Gasteiger partial charge in [0.1, 0.15) is 11.6 Å². The van der Waals surface area contributed by atoms with E-state index in [9.17, 15) is 13.6 Å². The minimum absolute atomic E-state index is 0.0752. The van der Waals surface area contributed by atoms with E-state index in [4.69, 9.17) is 0 Å². The first kappa shape index (κ1) is 17.2. The molecule has 1 aliphatic carbocycles. The molecule has 0 aliphatic heterocycles. The fourth-order valence-corrected chi connectivity index (χ4v) is 3.02. The lowest BCUT2D eigenvalue weighted by atomic mass is 10.1. The van der Waals surface area contributed by atoms with Gasteiger partial charge in [-0.3, -0.25) is 0 Å². The molecule has 4 nitrogen and oxygen atoms in total. The van der Waals surface area contributed by atoms with E-state index in [1.807, 2.05) is 12.1 Å². The van der Waals surface area contributed by atoms with Gasteiger partial charge in [0.15, 0.2) is 0 Å². The van der Waals surface area contributed by atoms with Crippen molar-refractivity contribution >= 4 is 23.1 Å². The molecule has 2 aromatic carbocycles. The number of hydrogen-bond acceptors (Lipinski definition) is 2. The van der Waals surface area contributed by atoms with E-state index in [0.29, 0.717) is 5.69 Å². The molecule has 3 rings (SSSR count). The number of hydrogen-bond donors (Lipinski definition) is 3. The van der Waals surface area contributed by atoms with Crippen LogP contribution in [0.15, 0.2) is 42.5 Å². The van der Waals surface area contributed by atoms with Crippen LogP contribution in [-0.2, 0) is 0 Å². The van der Waals surface area contributed by atoms with Gasteiger partial charge in [-0.05, 0) is 55.2 Å². The molecule has 132 valence electrons. The number of urea groups is 1. The van der Waals surface area contributed by atoms with Gasteiger partial charge in [0.25, 0.3) is 0 Å². The maximum atomic E-state index is 13.5. The van der Waals surface area contributed by atoms with Crippen LogP contribution in [0.5, 0.6) is 0 Å². The zero-order valence-electron chi connectivity index (χ0n) is 13.8. The van der Waals surface area contributed by atoms with E-state index < -0.39 is 17.7 Å². The summed E-state index contributed by atoms with van der Waals surface area (Å²) in [6, 6.07) is 9.74. The molecule has 0 saturated heterocycles. The molecule has 25 heavy (non-hydrogen) atoms. The van der Waals surface area contributed by atoms with Crippen LogP contribution in [0.4, 0.5) is 30.6 Å². The highest BCUT2D eigenvalue weighted by Gasteiger charge is 2.14. The van der Waals surface area contributed by atoms with Crippen molar-refractivity contribution in [2.45, 2.75) is 25.7 Å². The van der Waals surface area contributed by atoms with Gasteiger partial charge in [-0.25, -0.2) is 13.6 Å². The number of nitrogens with one attached hydrogen (secondary N) is 3. The summed E-state index contributed by atoms with van der Waals surface area (Å²) in [7, 11) is 0. The van der Waals surface area contributed by atoms with Gasteiger partial charge >= 0.3 is 6.03 Å². The molecule has 6 heteroatoms. The lowest BCUT2D eigenvalue weighted by Gasteiger charge is -2.13. The van der Waals surface area contributed by atoms with Crippen molar-refractivity contribution in [1.29, 1.82) is 0 Å². The van der Waals surface area contributed by atoms with Gasteiger partial charge in [-0.1, -0.05) is 12.8 Å². The zero-order chi connectivity index (χ0) is 17.6. The summed E-state index contributed by atoms with van der Waals surface area (Å²) in [5, 5.41) is 8.38. The Balaban J connectivity index is 1.51. The Labute approximate surface area is 145 Å². The monoisotopic (exact) mass is 345 g/mol. The van der Waals surface area contributed by atoms with Gasteiger partial charge < -0.3 is 16.0 Å². The number of amides is 2. The topological polar surface area (TPSA) is 53.2 Å². The van der Waals surface area contributed by atoms with Crippen LogP contribution >= 0.6 is 0 Å². The molecular weight excluding hydrogens is 324 g/mol. The second-order valence-electron chi connectivity index (χ2n) is 6.31. The third kappa shape index (κ3) is 4.92. The number of halogens is 2. The number of benzene rings is 2. The van der Waals surface area contributed by atoms with Crippen molar-refractivity contribution in [3.8, 4) is 0 Å². The van der Waals surface area contributed by atoms with E-state index in [1.54, 1.807) is 12.1 Å². The van der Waals surface area contributed by atoms with Gasteiger partial charge in [0.05, 0.1) is 5.69 Å². The summed E-state index contributed by atoms with van der Waals surface area (Å²) in [5.41, 5.74) is 1.52. The first-order valence-corrected chi connectivity index (χ1v) is 8.47. The van der Waals surface area contributed by atoms with Crippen molar-refractivity contribution < 1.29 is 13.6 Å². The van der Waals surface area contributed by atoms with Gasteiger partial charge in [-0.2, -0.15) is 0 Å². The van der Waals surface area contributed by atoms with E-state index in [1.165, 1.54) is 31.7 Å².